The van der Waals surface area contributed by atoms with E-state index in [2.05, 4.69) is 34.7 Å². The second kappa shape index (κ2) is 9.88. The summed E-state index contributed by atoms with van der Waals surface area (Å²) in [6, 6.07) is 8.20. The molecule has 1 N–H and O–H groups in total. The molecule has 29 heavy (non-hydrogen) atoms. The fourth-order valence-electron chi connectivity index (χ4n) is 4.27. The molecule has 0 spiro atoms. The van der Waals surface area contributed by atoms with Gasteiger partial charge in [-0.2, -0.15) is 11.3 Å². The molecule has 1 amide bonds. The second-order valence-corrected chi connectivity index (χ2v) is 9.74. The zero-order valence-corrected chi connectivity index (χ0v) is 18.8. The molecule has 1 aliphatic heterocycles. The molecule has 3 aromatic rings. The summed E-state index contributed by atoms with van der Waals surface area (Å²) in [5.41, 5.74) is 3.09. The van der Waals surface area contributed by atoms with Gasteiger partial charge in [0.2, 0.25) is 0 Å². The van der Waals surface area contributed by atoms with Gasteiger partial charge in [0.25, 0.3) is 5.91 Å². The van der Waals surface area contributed by atoms with Crippen molar-refractivity contribution in [1.29, 1.82) is 0 Å². The first-order valence-electron chi connectivity index (χ1n) is 10.8. The van der Waals surface area contributed by atoms with Crippen LogP contribution >= 0.6 is 22.7 Å². The predicted molar refractivity (Wildman–Crippen MR) is 127 cm³/mol. The number of hydrogen-bond donors (Lipinski definition) is 1. The summed E-state index contributed by atoms with van der Waals surface area (Å²) >= 11 is 3.38. The first-order chi connectivity index (χ1) is 14.2. The summed E-state index contributed by atoms with van der Waals surface area (Å²) in [5.74, 6) is 0.609. The molecule has 1 aromatic carbocycles. The van der Waals surface area contributed by atoms with Gasteiger partial charge in [-0.1, -0.05) is 26.2 Å². The molecule has 0 unspecified atom stereocenters. The van der Waals surface area contributed by atoms with Crippen LogP contribution < -0.4 is 5.32 Å². The van der Waals surface area contributed by atoms with Crippen molar-refractivity contribution in [2.24, 2.45) is 0 Å². The lowest BCUT2D eigenvalue weighted by Crippen LogP contribution is -2.33. The maximum absolute atomic E-state index is 12.4. The van der Waals surface area contributed by atoms with E-state index < -0.39 is 0 Å². The monoisotopic (exact) mass is 426 g/mol. The van der Waals surface area contributed by atoms with Crippen LogP contribution in [0.5, 0.6) is 0 Å². The molecule has 0 aliphatic carbocycles. The number of anilines is 1. The number of fused-ring (bicyclic) bond motifs is 1. The average molecular weight is 427 g/mol. The highest BCUT2D eigenvalue weighted by atomic mass is 32.1. The molecule has 0 atom stereocenters. The van der Waals surface area contributed by atoms with Crippen molar-refractivity contribution in [1.82, 2.24) is 4.90 Å². The molecule has 0 saturated carbocycles. The van der Waals surface area contributed by atoms with Crippen LogP contribution in [0.15, 0.2) is 40.4 Å². The number of likely N-dealkylation sites (tertiary alicyclic amines) is 1. The molecule has 0 bridgehead atoms. The highest BCUT2D eigenvalue weighted by Gasteiger charge is 2.22. The lowest BCUT2D eigenvalue weighted by Gasteiger charge is -2.32. The molecule has 2 aromatic heterocycles. The third kappa shape index (κ3) is 5.08. The summed E-state index contributed by atoms with van der Waals surface area (Å²) in [6.07, 6.45) is 7.86. The van der Waals surface area contributed by atoms with Crippen molar-refractivity contribution >= 4 is 44.4 Å². The van der Waals surface area contributed by atoms with Crippen molar-refractivity contribution in [2.75, 3.05) is 25.0 Å². The fraction of sp³-hybridized carbons (Fsp3) is 0.458. The number of amides is 1. The van der Waals surface area contributed by atoms with Gasteiger partial charge in [-0.25, -0.2) is 0 Å². The van der Waals surface area contributed by atoms with E-state index in [9.17, 15) is 4.79 Å². The van der Waals surface area contributed by atoms with Gasteiger partial charge in [0.1, 0.15) is 0 Å². The Kier molecular flexibility index (Phi) is 7.01. The molecule has 5 heteroatoms. The normalized spacial score (nSPS) is 15.8. The third-order valence-corrected chi connectivity index (χ3v) is 7.66. The summed E-state index contributed by atoms with van der Waals surface area (Å²) in [5, 5.41) is 10.5. The van der Waals surface area contributed by atoms with E-state index in [0.717, 1.165) is 11.3 Å². The smallest absolute Gasteiger partial charge is 0.256 e. The molecule has 1 fully saturated rings. The van der Waals surface area contributed by atoms with E-state index in [1.807, 2.05) is 34.2 Å². The second-order valence-electron chi connectivity index (χ2n) is 8.04. The predicted octanol–water partition coefficient (Wildman–Crippen LogP) is 6.97. The molecule has 3 heterocycles. The van der Waals surface area contributed by atoms with Crippen LogP contribution in [0.3, 0.4) is 0 Å². The molecule has 3 nitrogen and oxygen atoms in total. The van der Waals surface area contributed by atoms with Gasteiger partial charge >= 0.3 is 0 Å². The molecular formula is C24H30N2OS2. The van der Waals surface area contributed by atoms with Crippen LogP contribution in [0.25, 0.3) is 10.1 Å². The molecule has 0 radical (unpaired) electrons. The minimum absolute atomic E-state index is 0.0289. The molecule has 154 valence electrons. The number of carbonyl (C=O) groups is 1. The standard InChI is InChI=1S/C24H30N2OS2/c1-2-3-4-5-11-26-12-8-18(9-13-26)22-17-29-23-7-6-20(15-21(22)23)25-24(27)19-10-14-28-16-19/h6-7,10,14-18H,2-5,8-9,11-13H2,1H3,(H,25,27). The number of thiophene rings is 2. The Hall–Kier alpha value is -1.69. The Bertz CT molecular complexity index is 924. The zero-order valence-electron chi connectivity index (χ0n) is 17.2. The summed E-state index contributed by atoms with van der Waals surface area (Å²) in [4.78, 5) is 15.0. The summed E-state index contributed by atoms with van der Waals surface area (Å²) in [6.45, 7) is 5.96. The van der Waals surface area contributed by atoms with E-state index in [0.29, 0.717) is 5.92 Å². The van der Waals surface area contributed by atoms with Crippen molar-refractivity contribution in [3.05, 3.63) is 51.5 Å². The number of nitrogens with one attached hydrogen (secondary N) is 1. The van der Waals surface area contributed by atoms with Crippen molar-refractivity contribution < 1.29 is 4.79 Å². The Morgan fingerprint density at radius 1 is 1.14 bits per heavy atom. The first-order valence-corrected chi connectivity index (χ1v) is 12.6. The van der Waals surface area contributed by atoms with Crippen LogP contribution in [0.4, 0.5) is 5.69 Å². The van der Waals surface area contributed by atoms with Gasteiger partial charge in [-0.15, -0.1) is 11.3 Å². The number of carbonyl (C=O) groups excluding carboxylic acids is 1. The van der Waals surface area contributed by atoms with Gasteiger partial charge in [0.05, 0.1) is 5.56 Å². The summed E-state index contributed by atoms with van der Waals surface area (Å²) in [7, 11) is 0. The van der Waals surface area contributed by atoms with Crippen LogP contribution in [-0.2, 0) is 0 Å². The number of hydrogen-bond acceptors (Lipinski definition) is 4. The Balaban J connectivity index is 1.40. The van der Waals surface area contributed by atoms with E-state index in [-0.39, 0.29) is 5.91 Å². The number of piperidine rings is 1. The highest BCUT2D eigenvalue weighted by molar-refractivity contribution is 7.17. The number of nitrogens with zero attached hydrogens (tertiary/aromatic N) is 1. The van der Waals surface area contributed by atoms with Crippen molar-refractivity contribution in [3.8, 4) is 0 Å². The Labute approximate surface area is 181 Å². The van der Waals surface area contributed by atoms with Crippen molar-refractivity contribution in [3.63, 3.8) is 0 Å². The van der Waals surface area contributed by atoms with Crippen molar-refractivity contribution in [2.45, 2.75) is 51.4 Å². The number of rotatable bonds is 8. The van der Waals surface area contributed by atoms with Gasteiger partial charge in [-0.05, 0) is 90.8 Å². The van der Waals surface area contributed by atoms with Crippen LogP contribution in [-0.4, -0.2) is 30.4 Å². The van der Waals surface area contributed by atoms with Crippen LogP contribution in [0.1, 0.15) is 67.3 Å². The maximum Gasteiger partial charge on any atom is 0.256 e. The summed E-state index contributed by atoms with van der Waals surface area (Å²) < 4.78 is 1.32. The number of unbranched alkanes of at least 4 members (excludes halogenated alkanes) is 3. The quantitative estimate of drug-likeness (QED) is 0.394. The SMILES string of the molecule is CCCCCCN1CCC(c2csc3ccc(NC(=O)c4ccsc4)cc23)CC1. The van der Waals surface area contributed by atoms with Crippen LogP contribution in [0.2, 0.25) is 0 Å². The topological polar surface area (TPSA) is 32.3 Å². The highest BCUT2D eigenvalue weighted by Crippen LogP contribution is 2.38. The van der Waals surface area contributed by atoms with E-state index in [1.54, 1.807) is 11.3 Å². The zero-order chi connectivity index (χ0) is 20.1. The lowest BCUT2D eigenvalue weighted by molar-refractivity contribution is 0.102. The molecular weight excluding hydrogens is 396 g/mol. The Morgan fingerprint density at radius 3 is 2.76 bits per heavy atom. The lowest BCUT2D eigenvalue weighted by atomic mass is 9.89. The van der Waals surface area contributed by atoms with Gasteiger partial charge in [-0.3, -0.25) is 4.79 Å². The van der Waals surface area contributed by atoms with Gasteiger partial charge in [0.15, 0.2) is 0 Å². The third-order valence-electron chi connectivity index (χ3n) is 6.00. The van der Waals surface area contributed by atoms with E-state index in [1.165, 1.54) is 73.8 Å². The van der Waals surface area contributed by atoms with Gasteiger partial charge in [0, 0.05) is 15.8 Å². The van der Waals surface area contributed by atoms with Crippen LogP contribution in [0, 0.1) is 0 Å². The molecule has 4 rings (SSSR count). The van der Waals surface area contributed by atoms with E-state index in [4.69, 9.17) is 0 Å². The van der Waals surface area contributed by atoms with Gasteiger partial charge < -0.3 is 10.2 Å². The first kappa shape index (κ1) is 20.6. The maximum atomic E-state index is 12.4. The van der Waals surface area contributed by atoms with E-state index >= 15 is 0 Å². The molecule has 1 aliphatic rings. The Morgan fingerprint density at radius 2 is 2.00 bits per heavy atom. The minimum Gasteiger partial charge on any atom is -0.322 e. The average Bonchev–Trinajstić information content (AvgIpc) is 3.42. The molecule has 1 saturated heterocycles. The fourth-order valence-corrected chi connectivity index (χ4v) is 5.93. The minimum atomic E-state index is -0.0289. The largest absolute Gasteiger partial charge is 0.322 e. The number of benzene rings is 1.